The molecule has 0 heterocycles. The van der Waals surface area contributed by atoms with E-state index < -0.39 is 5.60 Å². The van der Waals surface area contributed by atoms with Crippen LogP contribution in [-0.2, 0) is 4.79 Å². The number of Topliss-reactive ketones (excluding diaryl/α,β-unsaturated/α-hetero) is 1. The molecule has 29 heavy (non-hydrogen) atoms. The maximum atomic E-state index is 12.0. The average molecular weight is 401 g/mol. The van der Waals surface area contributed by atoms with Crippen LogP contribution in [0.1, 0.15) is 112 Å². The van der Waals surface area contributed by atoms with Gasteiger partial charge in [0.1, 0.15) is 5.78 Å². The molecule has 3 unspecified atom stereocenters. The molecule has 2 fully saturated rings. The van der Waals surface area contributed by atoms with Gasteiger partial charge in [0.15, 0.2) is 0 Å². The number of hydrogen-bond donors (Lipinski definition) is 1. The molecule has 0 aliphatic heterocycles. The molecule has 0 aromatic heterocycles. The highest BCUT2D eigenvalue weighted by Gasteiger charge is 2.49. The monoisotopic (exact) mass is 400 g/mol. The van der Waals surface area contributed by atoms with E-state index in [1.165, 1.54) is 49.7 Å². The molecule has 0 bridgehead atoms. The Balaban J connectivity index is 1.67. The number of hydrogen-bond acceptors (Lipinski definition) is 2. The van der Waals surface area contributed by atoms with Gasteiger partial charge in [-0.2, -0.15) is 0 Å². The zero-order valence-electron chi connectivity index (χ0n) is 19.7. The summed E-state index contributed by atoms with van der Waals surface area (Å²) in [6.45, 7) is 10.9. The lowest BCUT2D eigenvalue weighted by molar-refractivity contribution is -0.121. The largest absolute Gasteiger partial charge is 0.390 e. The van der Waals surface area contributed by atoms with Crippen molar-refractivity contribution in [2.24, 2.45) is 23.2 Å². The smallest absolute Gasteiger partial charge is 0.136 e. The SMILES string of the molecule is CC/C(CCC1CCCC2C1CC=C1CC(=O)CC[C@@]12C)=C(\C)CCC(C)(C)O. The van der Waals surface area contributed by atoms with Crippen molar-refractivity contribution in [2.75, 3.05) is 0 Å². The Morgan fingerprint density at radius 3 is 2.72 bits per heavy atom. The number of fused-ring (bicyclic) bond motifs is 3. The summed E-state index contributed by atoms with van der Waals surface area (Å²) in [4.78, 5) is 12.0. The van der Waals surface area contributed by atoms with Crippen LogP contribution in [0.5, 0.6) is 0 Å². The summed E-state index contributed by atoms with van der Waals surface area (Å²) in [5.41, 5.74) is 4.33. The van der Waals surface area contributed by atoms with Crippen molar-refractivity contribution in [1.82, 2.24) is 0 Å². The second-order valence-electron chi connectivity index (χ2n) is 11.1. The number of carbonyl (C=O) groups is 1. The first-order valence-corrected chi connectivity index (χ1v) is 12.2. The van der Waals surface area contributed by atoms with Crippen molar-refractivity contribution in [3.8, 4) is 0 Å². The van der Waals surface area contributed by atoms with Gasteiger partial charge in [0.25, 0.3) is 0 Å². The summed E-state index contributed by atoms with van der Waals surface area (Å²) in [5.74, 6) is 2.91. The van der Waals surface area contributed by atoms with Crippen LogP contribution in [0.25, 0.3) is 0 Å². The van der Waals surface area contributed by atoms with Gasteiger partial charge in [0.2, 0.25) is 0 Å². The molecule has 3 aliphatic rings. The quantitative estimate of drug-likeness (QED) is 0.460. The van der Waals surface area contributed by atoms with E-state index in [1.54, 1.807) is 5.57 Å². The highest BCUT2D eigenvalue weighted by atomic mass is 16.3. The van der Waals surface area contributed by atoms with Crippen LogP contribution in [0.4, 0.5) is 0 Å². The van der Waals surface area contributed by atoms with Gasteiger partial charge in [-0.3, -0.25) is 4.79 Å². The van der Waals surface area contributed by atoms with E-state index in [0.717, 1.165) is 56.3 Å². The van der Waals surface area contributed by atoms with E-state index in [9.17, 15) is 9.90 Å². The standard InChI is InChI=1S/C27H44O2/c1-6-20(19(2)14-16-26(3,4)29)10-11-21-8-7-9-25-24(21)13-12-22-18-23(28)15-17-27(22,25)5/h12,21,24-25,29H,6-11,13-18H2,1-5H3/b20-19-/t21?,24?,25?,27-/m0/s1. The summed E-state index contributed by atoms with van der Waals surface area (Å²) in [6, 6.07) is 0. The number of allylic oxidation sites excluding steroid dienone is 4. The van der Waals surface area contributed by atoms with Gasteiger partial charge in [-0.05, 0) is 95.3 Å². The molecular formula is C27H44O2. The van der Waals surface area contributed by atoms with E-state index in [1.807, 2.05) is 13.8 Å². The Hall–Kier alpha value is -0.890. The minimum absolute atomic E-state index is 0.293. The molecular weight excluding hydrogens is 356 g/mol. The second-order valence-corrected chi connectivity index (χ2v) is 11.1. The van der Waals surface area contributed by atoms with Crippen molar-refractivity contribution in [3.63, 3.8) is 0 Å². The van der Waals surface area contributed by atoms with E-state index in [-0.39, 0.29) is 0 Å². The molecule has 164 valence electrons. The number of rotatable bonds is 7. The number of carbonyl (C=O) groups excluding carboxylic acids is 1. The lowest BCUT2D eigenvalue weighted by Gasteiger charge is -2.53. The van der Waals surface area contributed by atoms with E-state index in [0.29, 0.717) is 11.2 Å². The summed E-state index contributed by atoms with van der Waals surface area (Å²) in [5, 5.41) is 10.1. The summed E-state index contributed by atoms with van der Waals surface area (Å²) in [6.07, 6.45) is 16.0. The molecule has 2 saturated carbocycles. The van der Waals surface area contributed by atoms with Gasteiger partial charge in [-0.15, -0.1) is 0 Å². The number of ketones is 1. The van der Waals surface area contributed by atoms with E-state index in [2.05, 4.69) is 26.8 Å². The van der Waals surface area contributed by atoms with Gasteiger partial charge in [0.05, 0.1) is 5.60 Å². The van der Waals surface area contributed by atoms with E-state index in [4.69, 9.17) is 0 Å². The molecule has 0 radical (unpaired) electrons. The first-order chi connectivity index (χ1) is 13.6. The Labute approximate surface area is 179 Å². The highest BCUT2D eigenvalue weighted by Crippen LogP contribution is 2.58. The third-order valence-electron chi connectivity index (χ3n) is 8.67. The van der Waals surface area contributed by atoms with Crippen LogP contribution in [0.2, 0.25) is 0 Å². The van der Waals surface area contributed by atoms with Gasteiger partial charge in [-0.25, -0.2) is 0 Å². The fourth-order valence-corrected chi connectivity index (χ4v) is 6.65. The topological polar surface area (TPSA) is 37.3 Å². The zero-order valence-corrected chi connectivity index (χ0v) is 19.7. The second kappa shape index (κ2) is 9.08. The first kappa shape index (κ1) is 22.8. The predicted octanol–water partition coefficient (Wildman–Crippen LogP) is 7.17. The molecule has 1 N–H and O–H groups in total. The Kier molecular flexibility index (Phi) is 7.14. The average Bonchev–Trinajstić information content (AvgIpc) is 2.67. The van der Waals surface area contributed by atoms with Crippen LogP contribution < -0.4 is 0 Å². The molecule has 0 spiro atoms. The Bertz CT molecular complexity index is 663. The lowest BCUT2D eigenvalue weighted by atomic mass is 9.51. The van der Waals surface area contributed by atoms with Crippen molar-refractivity contribution < 1.29 is 9.90 Å². The summed E-state index contributed by atoms with van der Waals surface area (Å²) >= 11 is 0. The van der Waals surface area contributed by atoms with Crippen LogP contribution >= 0.6 is 0 Å². The third kappa shape index (κ3) is 5.24. The van der Waals surface area contributed by atoms with Crippen LogP contribution in [0, 0.1) is 23.2 Å². The molecule has 0 saturated heterocycles. The van der Waals surface area contributed by atoms with E-state index >= 15 is 0 Å². The summed E-state index contributed by atoms with van der Waals surface area (Å²) in [7, 11) is 0. The van der Waals surface area contributed by atoms with Crippen molar-refractivity contribution in [2.45, 2.75) is 117 Å². The van der Waals surface area contributed by atoms with Crippen LogP contribution in [0.15, 0.2) is 22.8 Å². The molecule has 4 atom stereocenters. The number of aliphatic hydroxyl groups is 1. The predicted molar refractivity (Wildman–Crippen MR) is 122 cm³/mol. The van der Waals surface area contributed by atoms with Gasteiger partial charge >= 0.3 is 0 Å². The molecule has 0 aromatic rings. The highest BCUT2D eigenvalue weighted by molar-refractivity contribution is 5.82. The van der Waals surface area contributed by atoms with Crippen LogP contribution in [-0.4, -0.2) is 16.5 Å². The van der Waals surface area contributed by atoms with Crippen molar-refractivity contribution in [1.29, 1.82) is 0 Å². The Morgan fingerprint density at radius 1 is 1.28 bits per heavy atom. The molecule has 2 heteroatoms. The van der Waals surface area contributed by atoms with Crippen molar-refractivity contribution >= 4 is 5.78 Å². The molecule has 3 aliphatic carbocycles. The Morgan fingerprint density at radius 2 is 2.03 bits per heavy atom. The minimum Gasteiger partial charge on any atom is -0.390 e. The molecule has 0 amide bonds. The first-order valence-electron chi connectivity index (χ1n) is 12.2. The van der Waals surface area contributed by atoms with Crippen LogP contribution in [0.3, 0.4) is 0 Å². The fourth-order valence-electron chi connectivity index (χ4n) is 6.65. The summed E-state index contributed by atoms with van der Waals surface area (Å²) < 4.78 is 0. The van der Waals surface area contributed by atoms with Gasteiger partial charge < -0.3 is 5.11 Å². The molecule has 3 rings (SSSR count). The normalized spacial score (nSPS) is 33.5. The zero-order chi connectivity index (χ0) is 21.2. The fraction of sp³-hybridized carbons (Fsp3) is 0.815. The third-order valence-corrected chi connectivity index (χ3v) is 8.67. The maximum Gasteiger partial charge on any atom is 0.136 e. The molecule has 0 aromatic carbocycles. The lowest BCUT2D eigenvalue weighted by Crippen LogP contribution is -2.45. The maximum absolute atomic E-state index is 12.0. The minimum atomic E-state index is -0.570. The van der Waals surface area contributed by atoms with Crippen molar-refractivity contribution in [3.05, 3.63) is 22.8 Å². The van der Waals surface area contributed by atoms with Gasteiger partial charge in [0, 0.05) is 12.8 Å². The van der Waals surface area contributed by atoms with Gasteiger partial charge in [-0.1, -0.05) is 49.5 Å². The molecule has 2 nitrogen and oxygen atoms in total.